The second kappa shape index (κ2) is 6.70. The van der Waals surface area contributed by atoms with Crippen molar-refractivity contribution in [2.24, 2.45) is 5.92 Å². The van der Waals surface area contributed by atoms with E-state index in [1.54, 1.807) is 19.2 Å². The van der Waals surface area contributed by atoms with Crippen LogP contribution in [0.2, 0.25) is 0 Å². The van der Waals surface area contributed by atoms with Crippen LogP contribution in [0.4, 0.5) is 0 Å². The molecule has 0 saturated heterocycles. The van der Waals surface area contributed by atoms with Crippen molar-refractivity contribution < 1.29 is 14.7 Å². The summed E-state index contributed by atoms with van der Waals surface area (Å²) in [6.07, 6.45) is 2.33. The van der Waals surface area contributed by atoms with Crippen LogP contribution in [0.3, 0.4) is 0 Å². The molecule has 21 heavy (non-hydrogen) atoms. The number of aromatic nitrogens is 1. The van der Waals surface area contributed by atoms with Gasteiger partial charge in [0.2, 0.25) is 0 Å². The van der Waals surface area contributed by atoms with Crippen LogP contribution in [0.25, 0.3) is 0 Å². The van der Waals surface area contributed by atoms with E-state index in [-0.39, 0.29) is 17.0 Å². The summed E-state index contributed by atoms with van der Waals surface area (Å²) in [5.41, 5.74) is 1.22. The zero-order chi connectivity index (χ0) is 16.2. The molecule has 0 spiro atoms. The molecule has 1 rings (SSSR count). The molecule has 0 aliphatic carbocycles. The maximum atomic E-state index is 12.1. The molecule has 1 heterocycles. The Morgan fingerprint density at radius 2 is 1.95 bits per heavy atom. The van der Waals surface area contributed by atoms with Crippen molar-refractivity contribution in [1.29, 1.82) is 0 Å². The van der Waals surface area contributed by atoms with E-state index in [0.717, 1.165) is 5.56 Å². The standard InChI is InChI=1S/C16H24N2O3/c1-6-10(2)13(15(20)21)18-14(19)12-8-7-11(9-17-12)16(3,4)5/h7-10,13H,6H2,1-5H3,(H,18,19)(H,20,21)/t10-,13-/m0/s1. The van der Waals surface area contributed by atoms with Crippen LogP contribution in [0, 0.1) is 5.92 Å². The fraction of sp³-hybridized carbons (Fsp3) is 0.562. The van der Waals surface area contributed by atoms with Crippen molar-refractivity contribution >= 4 is 11.9 Å². The smallest absolute Gasteiger partial charge is 0.326 e. The van der Waals surface area contributed by atoms with Gasteiger partial charge in [0.15, 0.2) is 0 Å². The summed E-state index contributed by atoms with van der Waals surface area (Å²) >= 11 is 0. The van der Waals surface area contributed by atoms with Crippen LogP contribution in [0.1, 0.15) is 57.1 Å². The summed E-state index contributed by atoms with van der Waals surface area (Å²) in [5, 5.41) is 11.7. The fourth-order valence-corrected chi connectivity index (χ4v) is 1.87. The molecule has 1 aromatic heterocycles. The van der Waals surface area contributed by atoms with Crippen LogP contribution < -0.4 is 5.32 Å². The monoisotopic (exact) mass is 292 g/mol. The summed E-state index contributed by atoms with van der Waals surface area (Å²) in [7, 11) is 0. The van der Waals surface area contributed by atoms with E-state index in [1.165, 1.54) is 0 Å². The molecule has 5 nitrogen and oxygen atoms in total. The van der Waals surface area contributed by atoms with Gasteiger partial charge in [-0.3, -0.25) is 9.78 Å². The highest BCUT2D eigenvalue weighted by Gasteiger charge is 2.26. The number of amides is 1. The summed E-state index contributed by atoms with van der Waals surface area (Å²) in [5.74, 6) is -1.62. The van der Waals surface area contributed by atoms with Crippen LogP contribution in [-0.2, 0) is 10.2 Å². The van der Waals surface area contributed by atoms with Crippen molar-refractivity contribution in [3.8, 4) is 0 Å². The Hall–Kier alpha value is -1.91. The lowest BCUT2D eigenvalue weighted by molar-refractivity contribution is -0.140. The predicted molar refractivity (Wildman–Crippen MR) is 81.3 cm³/mol. The lowest BCUT2D eigenvalue weighted by Crippen LogP contribution is -2.45. The second-order valence-corrected chi connectivity index (χ2v) is 6.36. The first-order chi connectivity index (χ1) is 9.66. The van der Waals surface area contributed by atoms with Gasteiger partial charge in [0.25, 0.3) is 5.91 Å². The molecule has 1 aromatic rings. The maximum Gasteiger partial charge on any atom is 0.326 e. The highest BCUT2D eigenvalue weighted by Crippen LogP contribution is 2.21. The van der Waals surface area contributed by atoms with Crippen LogP contribution in [-0.4, -0.2) is 28.0 Å². The number of nitrogens with one attached hydrogen (secondary N) is 1. The maximum absolute atomic E-state index is 12.1. The van der Waals surface area contributed by atoms with E-state index in [1.807, 2.05) is 13.0 Å². The van der Waals surface area contributed by atoms with Gasteiger partial charge in [-0.25, -0.2) is 4.79 Å². The SMILES string of the molecule is CC[C@H](C)[C@H](NC(=O)c1ccc(C(C)(C)C)cn1)C(=O)O. The third-order valence-electron chi connectivity index (χ3n) is 3.63. The van der Waals surface area contributed by atoms with Gasteiger partial charge >= 0.3 is 5.97 Å². The zero-order valence-corrected chi connectivity index (χ0v) is 13.3. The topological polar surface area (TPSA) is 79.3 Å². The normalized spacial score (nSPS) is 14.3. The quantitative estimate of drug-likeness (QED) is 0.874. The lowest BCUT2D eigenvalue weighted by Gasteiger charge is -2.21. The number of carbonyl (C=O) groups excluding carboxylic acids is 1. The molecule has 116 valence electrons. The summed E-state index contributed by atoms with van der Waals surface area (Å²) < 4.78 is 0. The van der Waals surface area contributed by atoms with Gasteiger partial charge < -0.3 is 10.4 Å². The highest BCUT2D eigenvalue weighted by molar-refractivity contribution is 5.95. The Balaban J connectivity index is 2.86. The van der Waals surface area contributed by atoms with Crippen LogP contribution in [0.15, 0.2) is 18.3 Å². The molecule has 1 amide bonds. The molecule has 0 aliphatic heterocycles. The van der Waals surface area contributed by atoms with Crippen LogP contribution >= 0.6 is 0 Å². The molecule has 0 saturated carbocycles. The minimum Gasteiger partial charge on any atom is -0.480 e. The number of aliphatic carboxylic acids is 1. The van der Waals surface area contributed by atoms with Crippen molar-refractivity contribution in [2.45, 2.75) is 52.5 Å². The second-order valence-electron chi connectivity index (χ2n) is 6.36. The minimum absolute atomic E-state index is 0.0394. The number of pyridine rings is 1. The molecule has 0 radical (unpaired) electrons. The van der Waals surface area contributed by atoms with E-state index >= 15 is 0 Å². The first-order valence-electron chi connectivity index (χ1n) is 7.17. The lowest BCUT2D eigenvalue weighted by atomic mass is 9.88. The third kappa shape index (κ3) is 4.55. The number of carbonyl (C=O) groups is 2. The van der Waals surface area contributed by atoms with Gasteiger partial charge in [-0.2, -0.15) is 0 Å². The Morgan fingerprint density at radius 1 is 1.33 bits per heavy atom. The molecule has 5 heteroatoms. The Labute approximate surface area is 125 Å². The molecule has 0 bridgehead atoms. The van der Waals surface area contributed by atoms with Crippen molar-refractivity contribution in [2.75, 3.05) is 0 Å². The zero-order valence-electron chi connectivity index (χ0n) is 13.3. The molecular weight excluding hydrogens is 268 g/mol. The first-order valence-corrected chi connectivity index (χ1v) is 7.17. The van der Waals surface area contributed by atoms with E-state index in [4.69, 9.17) is 0 Å². The van der Waals surface area contributed by atoms with E-state index in [9.17, 15) is 14.7 Å². The van der Waals surface area contributed by atoms with Gasteiger partial charge in [-0.05, 0) is 23.0 Å². The largest absolute Gasteiger partial charge is 0.480 e. The number of carboxylic acid groups (broad SMARTS) is 1. The Morgan fingerprint density at radius 3 is 2.33 bits per heavy atom. The van der Waals surface area contributed by atoms with Crippen molar-refractivity contribution in [3.63, 3.8) is 0 Å². The molecule has 0 unspecified atom stereocenters. The molecule has 2 N–H and O–H groups in total. The third-order valence-corrected chi connectivity index (χ3v) is 3.63. The summed E-state index contributed by atoms with van der Waals surface area (Å²) in [6.45, 7) is 9.88. The number of nitrogens with zero attached hydrogens (tertiary/aromatic N) is 1. The highest BCUT2D eigenvalue weighted by atomic mass is 16.4. The molecule has 0 aliphatic rings. The molecule has 2 atom stereocenters. The minimum atomic E-state index is -1.02. The van der Waals surface area contributed by atoms with E-state index < -0.39 is 17.9 Å². The molecule has 0 fully saturated rings. The Kier molecular flexibility index (Phi) is 5.47. The first kappa shape index (κ1) is 17.1. The van der Waals surface area contributed by atoms with Gasteiger partial charge in [0.1, 0.15) is 11.7 Å². The van der Waals surface area contributed by atoms with E-state index in [0.29, 0.717) is 6.42 Å². The number of rotatable bonds is 5. The number of hydrogen-bond donors (Lipinski definition) is 2. The van der Waals surface area contributed by atoms with Crippen molar-refractivity contribution in [1.82, 2.24) is 10.3 Å². The predicted octanol–water partition coefficient (Wildman–Crippen LogP) is 2.61. The molecular formula is C16H24N2O3. The van der Waals surface area contributed by atoms with Gasteiger partial charge in [0, 0.05) is 6.20 Å². The summed E-state index contributed by atoms with van der Waals surface area (Å²) in [4.78, 5) is 27.5. The van der Waals surface area contributed by atoms with Crippen molar-refractivity contribution in [3.05, 3.63) is 29.6 Å². The van der Waals surface area contributed by atoms with E-state index in [2.05, 4.69) is 31.1 Å². The average molecular weight is 292 g/mol. The fourth-order valence-electron chi connectivity index (χ4n) is 1.87. The Bertz CT molecular complexity index is 503. The number of hydrogen-bond acceptors (Lipinski definition) is 3. The van der Waals surface area contributed by atoms with Gasteiger partial charge in [-0.1, -0.05) is 47.1 Å². The van der Waals surface area contributed by atoms with Crippen LogP contribution in [0.5, 0.6) is 0 Å². The average Bonchev–Trinajstić information content (AvgIpc) is 2.42. The summed E-state index contributed by atoms with van der Waals surface area (Å²) in [6, 6.07) is 2.58. The van der Waals surface area contributed by atoms with Gasteiger partial charge in [-0.15, -0.1) is 0 Å². The molecule has 0 aromatic carbocycles. The van der Waals surface area contributed by atoms with Gasteiger partial charge in [0.05, 0.1) is 0 Å². The number of carboxylic acids is 1.